The van der Waals surface area contributed by atoms with Crippen LogP contribution in [0.2, 0.25) is 0 Å². The molecule has 0 aromatic carbocycles. The van der Waals surface area contributed by atoms with E-state index in [-0.39, 0.29) is 11.8 Å². The highest BCUT2D eigenvalue weighted by atomic mass is 16.1. The molecule has 0 rings (SSSR count). The molecule has 0 aliphatic rings. The molecule has 0 aliphatic heterocycles. The second-order valence-corrected chi connectivity index (χ2v) is 1.64. The molecule has 46 valence electrons. The highest BCUT2D eigenvalue weighted by Crippen LogP contribution is 1.92. The van der Waals surface area contributed by atoms with E-state index in [9.17, 15) is 4.79 Å². The Bertz CT molecular complexity index is 98.7. The second kappa shape index (κ2) is 3.24. The van der Waals surface area contributed by atoms with Crippen LogP contribution in [0.5, 0.6) is 0 Å². The molecule has 2 heteroatoms. The molecule has 0 bridgehead atoms. The highest BCUT2D eigenvalue weighted by molar-refractivity contribution is 5.79. The molecular formula is C6H11NO. The first-order valence-corrected chi connectivity index (χ1v) is 2.56. The van der Waals surface area contributed by atoms with Crippen LogP contribution in [0.15, 0.2) is 12.7 Å². The van der Waals surface area contributed by atoms with Gasteiger partial charge in [0.15, 0.2) is 0 Å². The van der Waals surface area contributed by atoms with E-state index >= 15 is 0 Å². The number of carbonyl (C=O) groups excluding carboxylic acids is 1. The van der Waals surface area contributed by atoms with Gasteiger partial charge in [0, 0.05) is 7.05 Å². The highest BCUT2D eigenvalue weighted by Gasteiger charge is 2.03. The fraction of sp³-hybridized carbons (Fsp3) is 0.500. The summed E-state index contributed by atoms with van der Waals surface area (Å²) in [7, 11) is 1.61. The number of hydrogen-bond acceptors (Lipinski definition) is 1. The Morgan fingerprint density at radius 3 is 2.50 bits per heavy atom. The summed E-state index contributed by atoms with van der Waals surface area (Å²) in [5, 5.41) is 2.51. The SMILES string of the molecule is C=CC(C)C(=O)NC. The van der Waals surface area contributed by atoms with Gasteiger partial charge in [0.1, 0.15) is 0 Å². The van der Waals surface area contributed by atoms with Crippen molar-refractivity contribution in [3.8, 4) is 0 Å². The lowest BCUT2D eigenvalue weighted by molar-refractivity contribution is -0.122. The van der Waals surface area contributed by atoms with Gasteiger partial charge in [0.25, 0.3) is 0 Å². The summed E-state index contributed by atoms with van der Waals surface area (Å²) in [5.74, 6) is -0.0556. The lowest BCUT2D eigenvalue weighted by atomic mass is 10.2. The van der Waals surface area contributed by atoms with Crippen LogP contribution in [-0.4, -0.2) is 13.0 Å². The van der Waals surface area contributed by atoms with Crippen LogP contribution in [-0.2, 0) is 4.79 Å². The maximum Gasteiger partial charge on any atom is 0.226 e. The maximum atomic E-state index is 10.6. The lowest BCUT2D eigenvalue weighted by Crippen LogP contribution is -2.23. The summed E-state index contributed by atoms with van der Waals surface area (Å²) in [6.07, 6.45) is 1.61. The first kappa shape index (κ1) is 7.21. The van der Waals surface area contributed by atoms with Gasteiger partial charge in [-0.2, -0.15) is 0 Å². The van der Waals surface area contributed by atoms with E-state index in [0.29, 0.717) is 0 Å². The number of carbonyl (C=O) groups is 1. The minimum Gasteiger partial charge on any atom is -0.359 e. The van der Waals surface area contributed by atoms with E-state index in [1.807, 2.05) is 0 Å². The van der Waals surface area contributed by atoms with E-state index < -0.39 is 0 Å². The molecule has 0 spiro atoms. The zero-order valence-corrected chi connectivity index (χ0v) is 5.27. The van der Waals surface area contributed by atoms with Gasteiger partial charge >= 0.3 is 0 Å². The Balaban J connectivity index is 3.62. The Hall–Kier alpha value is -0.790. The van der Waals surface area contributed by atoms with Crippen molar-refractivity contribution in [3.05, 3.63) is 12.7 Å². The molecule has 0 saturated heterocycles. The minimum atomic E-state index is -0.0694. The monoisotopic (exact) mass is 113 g/mol. The summed E-state index contributed by atoms with van der Waals surface area (Å²) >= 11 is 0. The minimum absolute atomic E-state index is 0.0139. The molecule has 8 heavy (non-hydrogen) atoms. The van der Waals surface area contributed by atoms with Crippen molar-refractivity contribution in [1.82, 2.24) is 5.32 Å². The van der Waals surface area contributed by atoms with Gasteiger partial charge in [0.2, 0.25) is 5.91 Å². The molecule has 0 radical (unpaired) electrons. The van der Waals surface area contributed by atoms with Gasteiger partial charge in [-0.25, -0.2) is 0 Å². The van der Waals surface area contributed by atoms with Gasteiger partial charge in [-0.15, -0.1) is 6.58 Å². The van der Waals surface area contributed by atoms with E-state index in [4.69, 9.17) is 0 Å². The fourth-order valence-electron chi connectivity index (χ4n) is 0.335. The Morgan fingerprint density at radius 2 is 2.38 bits per heavy atom. The Morgan fingerprint density at radius 1 is 1.88 bits per heavy atom. The number of nitrogens with one attached hydrogen (secondary N) is 1. The van der Waals surface area contributed by atoms with E-state index in [1.165, 1.54) is 0 Å². The van der Waals surface area contributed by atoms with E-state index in [0.717, 1.165) is 0 Å². The number of hydrogen-bond donors (Lipinski definition) is 1. The van der Waals surface area contributed by atoms with Crippen molar-refractivity contribution >= 4 is 5.91 Å². The molecule has 1 atom stereocenters. The van der Waals surface area contributed by atoms with E-state index in [2.05, 4.69) is 11.9 Å². The first-order chi connectivity index (χ1) is 3.72. The van der Waals surface area contributed by atoms with E-state index in [1.54, 1.807) is 20.0 Å². The van der Waals surface area contributed by atoms with Crippen molar-refractivity contribution in [1.29, 1.82) is 0 Å². The zero-order chi connectivity index (χ0) is 6.57. The average Bonchev–Trinajstić information content (AvgIpc) is 1.84. The first-order valence-electron chi connectivity index (χ1n) is 2.56. The molecule has 0 aromatic heterocycles. The summed E-state index contributed by atoms with van der Waals surface area (Å²) in [6.45, 7) is 5.27. The van der Waals surface area contributed by atoms with Crippen LogP contribution in [0.3, 0.4) is 0 Å². The molecule has 0 aromatic rings. The number of rotatable bonds is 2. The third-order valence-electron chi connectivity index (χ3n) is 1.01. The van der Waals surface area contributed by atoms with Gasteiger partial charge in [-0.1, -0.05) is 13.0 Å². The number of amides is 1. The topological polar surface area (TPSA) is 29.1 Å². The normalized spacial score (nSPS) is 12.2. The Kier molecular flexibility index (Phi) is 2.92. The molecule has 0 aliphatic carbocycles. The van der Waals surface area contributed by atoms with Gasteiger partial charge in [0.05, 0.1) is 5.92 Å². The van der Waals surface area contributed by atoms with Crippen LogP contribution in [0.25, 0.3) is 0 Å². The lowest BCUT2D eigenvalue weighted by Gasteiger charge is -2.00. The van der Waals surface area contributed by atoms with Crippen LogP contribution >= 0.6 is 0 Å². The Labute approximate surface area is 49.6 Å². The summed E-state index contributed by atoms with van der Waals surface area (Å²) in [4.78, 5) is 10.6. The smallest absolute Gasteiger partial charge is 0.226 e. The molecule has 1 amide bonds. The largest absolute Gasteiger partial charge is 0.359 e. The van der Waals surface area contributed by atoms with Crippen molar-refractivity contribution in [2.75, 3.05) is 7.05 Å². The molecule has 0 fully saturated rings. The fourth-order valence-corrected chi connectivity index (χ4v) is 0.335. The van der Waals surface area contributed by atoms with Crippen molar-refractivity contribution in [3.63, 3.8) is 0 Å². The predicted octanol–water partition coefficient (Wildman–Crippen LogP) is 0.554. The average molecular weight is 113 g/mol. The quantitative estimate of drug-likeness (QED) is 0.521. The summed E-state index contributed by atoms with van der Waals surface area (Å²) < 4.78 is 0. The summed E-state index contributed by atoms with van der Waals surface area (Å²) in [6, 6.07) is 0. The predicted molar refractivity (Wildman–Crippen MR) is 33.4 cm³/mol. The maximum absolute atomic E-state index is 10.6. The van der Waals surface area contributed by atoms with Gasteiger partial charge in [-0.05, 0) is 0 Å². The molecule has 1 N–H and O–H groups in total. The van der Waals surface area contributed by atoms with Crippen molar-refractivity contribution in [2.45, 2.75) is 6.92 Å². The summed E-state index contributed by atoms with van der Waals surface area (Å²) in [5.41, 5.74) is 0. The van der Waals surface area contributed by atoms with Crippen LogP contribution in [0.1, 0.15) is 6.92 Å². The van der Waals surface area contributed by atoms with Gasteiger partial charge < -0.3 is 5.32 Å². The molecule has 2 nitrogen and oxygen atoms in total. The molecule has 0 heterocycles. The third kappa shape index (κ3) is 1.78. The van der Waals surface area contributed by atoms with Gasteiger partial charge in [-0.3, -0.25) is 4.79 Å². The zero-order valence-electron chi connectivity index (χ0n) is 5.27. The molecular weight excluding hydrogens is 102 g/mol. The molecule has 0 saturated carbocycles. The van der Waals surface area contributed by atoms with Crippen molar-refractivity contribution in [2.24, 2.45) is 5.92 Å². The van der Waals surface area contributed by atoms with Crippen LogP contribution in [0.4, 0.5) is 0 Å². The standard InChI is InChI=1S/C6H11NO/c1-4-5(2)6(8)7-3/h4-5H,1H2,2-3H3,(H,7,8). The third-order valence-corrected chi connectivity index (χ3v) is 1.01. The van der Waals surface area contributed by atoms with Crippen LogP contribution in [0, 0.1) is 5.92 Å². The van der Waals surface area contributed by atoms with Crippen molar-refractivity contribution < 1.29 is 4.79 Å². The second-order valence-electron chi connectivity index (χ2n) is 1.64. The molecule has 1 unspecified atom stereocenters. The van der Waals surface area contributed by atoms with Crippen LogP contribution < -0.4 is 5.32 Å².